The minimum Gasteiger partial charge on any atom is -0.356 e. The van der Waals surface area contributed by atoms with Crippen molar-refractivity contribution in [3.63, 3.8) is 0 Å². The second kappa shape index (κ2) is 5.84. The molecule has 140 valence electrons. The Bertz CT molecular complexity index is 1190. The average molecular weight is 373 g/mol. The van der Waals surface area contributed by atoms with Gasteiger partial charge in [-0.1, -0.05) is 85.8 Å². The number of hydrogen-bond acceptors (Lipinski definition) is 1. The molecule has 9 rings (SSSR count). The second-order valence-corrected chi connectivity index (χ2v) is 8.61. The Balaban J connectivity index is 1.76. The highest BCUT2D eigenvalue weighted by molar-refractivity contribution is 5.67. The first-order chi connectivity index (χ1) is 14.2. The summed E-state index contributed by atoms with van der Waals surface area (Å²) in [6.07, 6.45) is 1.02. The summed E-state index contributed by atoms with van der Waals surface area (Å²) in [5.74, 6) is 0. The fourth-order valence-corrected chi connectivity index (χ4v) is 5.65. The molecule has 0 amide bonds. The molecule has 1 nitrogen and oxygen atoms in total. The SMILES string of the molecule is CC12CC(c3ccccc3)(c3ccc(cc3)Nc3ccc1cc3)c1ccccc12. The molecule has 2 unspecified atom stereocenters. The van der Waals surface area contributed by atoms with Gasteiger partial charge in [0.2, 0.25) is 0 Å². The van der Waals surface area contributed by atoms with Crippen molar-refractivity contribution in [1.29, 1.82) is 0 Å². The molecule has 4 aliphatic heterocycles. The van der Waals surface area contributed by atoms with Crippen LogP contribution < -0.4 is 5.32 Å². The van der Waals surface area contributed by atoms with Crippen LogP contribution in [0.4, 0.5) is 11.4 Å². The van der Waals surface area contributed by atoms with E-state index in [-0.39, 0.29) is 10.8 Å². The Morgan fingerprint density at radius 2 is 1.07 bits per heavy atom. The first-order valence-electron chi connectivity index (χ1n) is 10.3. The standard InChI is InChI=1S/C28H23N/c1-27-19-28(21-7-3-2-4-8-21,26-10-6-5-9-25(26)27)22-13-17-24(18-14-22)29-23-15-11-20(27)12-16-23/h2-18,29H,19H2,1H3. The van der Waals surface area contributed by atoms with Gasteiger partial charge in [-0.2, -0.15) is 0 Å². The molecular weight excluding hydrogens is 350 g/mol. The van der Waals surface area contributed by atoms with E-state index in [1.807, 2.05) is 0 Å². The number of hydrogen-bond donors (Lipinski definition) is 1. The molecule has 0 aromatic heterocycles. The van der Waals surface area contributed by atoms with Crippen molar-refractivity contribution < 1.29 is 0 Å². The number of anilines is 2. The third kappa shape index (κ3) is 2.22. The normalized spacial score (nSPS) is 23.8. The lowest BCUT2D eigenvalue weighted by molar-refractivity contribution is 0.473. The summed E-state index contributed by atoms with van der Waals surface area (Å²) in [7, 11) is 0. The topological polar surface area (TPSA) is 12.0 Å². The third-order valence-electron chi connectivity index (χ3n) is 7.06. The molecule has 4 aromatic carbocycles. The largest absolute Gasteiger partial charge is 0.356 e. The lowest BCUT2D eigenvalue weighted by Gasteiger charge is -2.35. The number of benzene rings is 4. The lowest BCUT2D eigenvalue weighted by atomic mass is 9.67. The predicted molar refractivity (Wildman–Crippen MR) is 120 cm³/mol. The van der Waals surface area contributed by atoms with E-state index >= 15 is 0 Å². The van der Waals surface area contributed by atoms with E-state index in [9.17, 15) is 0 Å². The van der Waals surface area contributed by atoms with E-state index in [0.717, 1.165) is 17.8 Å². The molecule has 1 N–H and O–H groups in total. The molecule has 6 bridgehead atoms. The zero-order valence-electron chi connectivity index (χ0n) is 16.5. The van der Waals surface area contributed by atoms with Gasteiger partial charge in [0.1, 0.15) is 0 Å². The van der Waals surface area contributed by atoms with Gasteiger partial charge in [0, 0.05) is 22.2 Å². The van der Waals surface area contributed by atoms with Crippen molar-refractivity contribution in [2.24, 2.45) is 0 Å². The van der Waals surface area contributed by atoms with Crippen molar-refractivity contribution in [3.05, 3.63) is 131 Å². The zero-order valence-corrected chi connectivity index (χ0v) is 16.5. The van der Waals surface area contributed by atoms with Crippen LogP contribution in [0.5, 0.6) is 0 Å². The smallest absolute Gasteiger partial charge is 0.0466 e. The number of nitrogens with one attached hydrogen (secondary N) is 1. The van der Waals surface area contributed by atoms with E-state index < -0.39 is 0 Å². The fourth-order valence-electron chi connectivity index (χ4n) is 5.65. The summed E-state index contributed by atoms with van der Waals surface area (Å²) in [4.78, 5) is 0. The van der Waals surface area contributed by atoms with Crippen LogP contribution in [0, 0.1) is 0 Å². The monoisotopic (exact) mass is 373 g/mol. The maximum atomic E-state index is 3.54. The van der Waals surface area contributed by atoms with Gasteiger partial charge in [-0.15, -0.1) is 0 Å². The van der Waals surface area contributed by atoms with E-state index in [4.69, 9.17) is 0 Å². The second-order valence-electron chi connectivity index (χ2n) is 8.61. The molecule has 0 fully saturated rings. The van der Waals surface area contributed by atoms with Crippen LogP contribution in [0.2, 0.25) is 0 Å². The molecule has 4 aromatic rings. The zero-order chi connectivity index (χ0) is 19.5. The Labute approximate surface area is 172 Å². The van der Waals surface area contributed by atoms with Crippen LogP contribution in [0.25, 0.3) is 0 Å². The van der Waals surface area contributed by atoms with E-state index in [0.29, 0.717) is 0 Å². The Morgan fingerprint density at radius 3 is 1.72 bits per heavy atom. The molecule has 0 spiro atoms. The summed E-state index contributed by atoms with van der Waals surface area (Å²) < 4.78 is 0. The summed E-state index contributed by atoms with van der Waals surface area (Å²) in [6.45, 7) is 2.42. The highest BCUT2D eigenvalue weighted by Gasteiger charge is 2.52. The molecule has 0 saturated carbocycles. The maximum absolute atomic E-state index is 3.54. The minimum atomic E-state index is -0.164. The van der Waals surface area contributed by atoms with Gasteiger partial charge in [0.05, 0.1) is 0 Å². The Kier molecular flexibility index (Phi) is 3.35. The Hall–Kier alpha value is -3.32. The van der Waals surface area contributed by atoms with Crippen molar-refractivity contribution >= 4 is 11.4 Å². The summed E-state index contributed by atoms with van der Waals surface area (Å²) in [5.41, 5.74) is 9.01. The minimum absolute atomic E-state index is 0.0527. The highest BCUT2D eigenvalue weighted by atomic mass is 14.9. The van der Waals surface area contributed by atoms with Gasteiger partial charge in [0.15, 0.2) is 0 Å². The molecule has 4 heterocycles. The first kappa shape index (κ1) is 16.6. The highest BCUT2D eigenvalue weighted by Crippen LogP contribution is 2.58. The summed E-state index contributed by atoms with van der Waals surface area (Å²) >= 11 is 0. The summed E-state index contributed by atoms with van der Waals surface area (Å²) in [5, 5.41) is 3.54. The molecular formula is C28H23N. The average Bonchev–Trinajstić information content (AvgIpc) is 3.06. The molecule has 1 heteroatoms. The van der Waals surface area contributed by atoms with E-state index in [1.165, 1.54) is 27.8 Å². The number of fused-ring (bicyclic) bond motifs is 1. The quantitative estimate of drug-likeness (QED) is 0.387. The van der Waals surface area contributed by atoms with Crippen LogP contribution in [-0.4, -0.2) is 0 Å². The van der Waals surface area contributed by atoms with Gasteiger partial charge in [-0.05, 0) is 58.5 Å². The van der Waals surface area contributed by atoms with Crippen molar-refractivity contribution in [2.75, 3.05) is 5.32 Å². The van der Waals surface area contributed by atoms with Crippen LogP contribution >= 0.6 is 0 Å². The van der Waals surface area contributed by atoms with Crippen molar-refractivity contribution in [1.82, 2.24) is 0 Å². The number of rotatable bonds is 1. The van der Waals surface area contributed by atoms with Gasteiger partial charge in [0.25, 0.3) is 0 Å². The molecule has 2 atom stereocenters. The molecule has 0 radical (unpaired) electrons. The Morgan fingerprint density at radius 1 is 0.552 bits per heavy atom. The lowest BCUT2D eigenvalue weighted by Crippen LogP contribution is -2.30. The van der Waals surface area contributed by atoms with Gasteiger partial charge in [-0.3, -0.25) is 0 Å². The van der Waals surface area contributed by atoms with Crippen LogP contribution in [0.15, 0.2) is 103 Å². The first-order valence-corrected chi connectivity index (χ1v) is 10.3. The van der Waals surface area contributed by atoms with Gasteiger partial charge in [-0.25, -0.2) is 0 Å². The van der Waals surface area contributed by atoms with E-state index in [1.54, 1.807) is 0 Å². The molecule has 5 aliphatic rings. The van der Waals surface area contributed by atoms with Crippen molar-refractivity contribution in [2.45, 2.75) is 24.2 Å². The van der Waals surface area contributed by atoms with Gasteiger partial charge < -0.3 is 5.32 Å². The van der Waals surface area contributed by atoms with Crippen LogP contribution in [0.3, 0.4) is 0 Å². The van der Waals surface area contributed by atoms with Crippen LogP contribution in [0.1, 0.15) is 41.2 Å². The van der Waals surface area contributed by atoms with E-state index in [2.05, 4.69) is 115 Å². The molecule has 1 aliphatic carbocycles. The van der Waals surface area contributed by atoms with Crippen molar-refractivity contribution in [3.8, 4) is 0 Å². The summed E-state index contributed by atoms with van der Waals surface area (Å²) in [6, 6.07) is 38.2. The van der Waals surface area contributed by atoms with Gasteiger partial charge >= 0.3 is 0 Å². The predicted octanol–water partition coefficient (Wildman–Crippen LogP) is 6.79. The molecule has 29 heavy (non-hydrogen) atoms. The van der Waals surface area contributed by atoms with Crippen LogP contribution in [-0.2, 0) is 10.8 Å². The molecule has 0 saturated heterocycles. The fraction of sp³-hybridized carbons (Fsp3) is 0.143. The third-order valence-corrected chi connectivity index (χ3v) is 7.06. The maximum Gasteiger partial charge on any atom is 0.0466 e.